The van der Waals surface area contributed by atoms with Gasteiger partial charge < -0.3 is 0 Å². The van der Waals surface area contributed by atoms with Crippen molar-refractivity contribution >= 4 is 34.8 Å². The molecule has 1 aromatic carbocycles. The van der Waals surface area contributed by atoms with E-state index in [4.69, 9.17) is 34.8 Å². The van der Waals surface area contributed by atoms with Gasteiger partial charge >= 0.3 is 0 Å². The van der Waals surface area contributed by atoms with E-state index < -0.39 is 0 Å². The summed E-state index contributed by atoms with van der Waals surface area (Å²) in [5.41, 5.74) is 1.48. The van der Waals surface area contributed by atoms with Gasteiger partial charge in [-0.2, -0.15) is 0 Å². The first kappa shape index (κ1) is 10.7. The number of hydrogen-bond donors (Lipinski definition) is 0. The average Bonchev–Trinajstić information content (AvgIpc) is 2.23. The normalized spacial score (nSPS) is 10.3. The maximum atomic E-state index is 6.03. The molecule has 0 radical (unpaired) electrons. The number of nitrogens with zero attached hydrogens (tertiary/aromatic N) is 2. The average molecular weight is 260 g/mol. The Bertz CT molecular complexity index is 500. The SMILES string of the molecule is Clc1cc(-c2ccccc2Cl)c(Cl)nn1. The standard InChI is InChI=1S/C10H5Cl3N2/c11-8-4-2-1-3-6(8)7-5-9(12)14-15-10(7)13/h1-5H. The highest BCUT2D eigenvalue weighted by Crippen LogP contribution is 2.32. The topological polar surface area (TPSA) is 25.8 Å². The van der Waals surface area contributed by atoms with Gasteiger partial charge in [0.05, 0.1) is 0 Å². The maximum Gasteiger partial charge on any atom is 0.159 e. The second kappa shape index (κ2) is 4.35. The van der Waals surface area contributed by atoms with Crippen molar-refractivity contribution < 1.29 is 0 Å². The molecule has 1 heterocycles. The first-order valence-corrected chi connectivity index (χ1v) is 5.25. The van der Waals surface area contributed by atoms with Crippen molar-refractivity contribution in [1.29, 1.82) is 0 Å². The molecule has 76 valence electrons. The summed E-state index contributed by atoms with van der Waals surface area (Å²) in [4.78, 5) is 0. The minimum Gasteiger partial charge on any atom is -0.137 e. The lowest BCUT2D eigenvalue weighted by Gasteiger charge is -2.05. The van der Waals surface area contributed by atoms with E-state index in [-0.39, 0.29) is 10.3 Å². The van der Waals surface area contributed by atoms with E-state index >= 15 is 0 Å². The van der Waals surface area contributed by atoms with E-state index in [1.807, 2.05) is 18.2 Å². The molecule has 5 heteroatoms. The Kier molecular flexibility index (Phi) is 3.10. The molecule has 0 saturated heterocycles. The molecule has 0 atom stereocenters. The van der Waals surface area contributed by atoms with E-state index in [1.165, 1.54) is 0 Å². The third-order valence-corrected chi connectivity index (χ3v) is 2.68. The van der Waals surface area contributed by atoms with E-state index in [1.54, 1.807) is 12.1 Å². The molecular weight excluding hydrogens is 254 g/mol. The van der Waals surface area contributed by atoms with Crippen LogP contribution >= 0.6 is 34.8 Å². The zero-order chi connectivity index (χ0) is 10.8. The maximum absolute atomic E-state index is 6.03. The van der Waals surface area contributed by atoms with E-state index in [2.05, 4.69) is 10.2 Å². The van der Waals surface area contributed by atoms with Crippen LogP contribution in [0.1, 0.15) is 0 Å². The molecule has 2 nitrogen and oxygen atoms in total. The predicted molar refractivity (Wildman–Crippen MR) is 62.5 cm³/mol. The zero-order valence-electron chi connectivity index (χ0n) is 7.42. The van der Waals surface area contributed by atoms with Crippen molar-refractivity contribution in [3.63, 3.8) is 0 Å². The molecule has 0 amide bonds. The van der Waals surface area contributed by atoms with Crippen molar-refractivity contribution in [3.05, 3.63) is 45.7 Å². The van der Waals surface area contributed by atoms with Gasteiger partial charge in [-0.25, -0.2) is 0 Å². The van der Waals surface area contributed by atoms with Crippen LogP contribution in [0.15, 0.2) is 30.3 Å². The van der Waals surface area contributed by atoms with Gasteiger partial charge in [-0.3, -0.25) is 0 Å². The molecule has 0 spiro atoms. The summed E-state index contributed by atoms with van der Waals surface area (Å²) in [6, 6.07) is 8.98. The summed E-state index contributed by atoms with van der Waals surface area (Å²) >= 11 is 17.7. The third kappa shape index (κ3) is 2.23. The van der Waals surface area contributed by atoms with Crippen molar-refractivity contribution in [3.8, 4) is 11.1 Å². The molecule has 15 heavy (non-hydrogen) atoms. The fourth-order valence-electron chi connectivity index (χ4n) is 1.22. The Balaban J connectivity index is 2.64. The van der Waals surface area contributed by atoms with Crippen LogP contribution in [0.5, 0.6) is 0 Å². The minimum absolute atomic E-state index is 0.285. The second-order valence-corrected chi connectivity index (χ2v) is 4.00. The Hall–Kier alpha value is -0.830. The summed E-state index contributed by atoms with van der Waals surface area (Å²) in [7, 11) is 0. The number of aromatic nitrogens is 2. The van der Waals surface area contributed by atoms with Crippen molar-refractivity contribution in [2.45, 2.75) is 0 Å². The van der Waals surface area contributed by atoms with Gasteiger partial charge in [-0.1, -0.05) is 53.0 Å². The highest BCUT2D eigenvalue weighted by molar-refractivity contribution is 6.36. The molecule has 0 bridgehead atoms. The van der Waals surface area contributed by atoms with Gasteiger partial charge in [-0.05, 0) is 12.1 Å². The van der Waals surface area contributed by atoms with Crippen LogP contribution in [0.4, 0.5) is 0 Å². The van der Waals surface area contributed by atoms with Crippen molar-refractivity contribution in [1.82, 2.24) is 10.2 Å². The Morgan fingerprint density at radius 1 is 0.867 bits per heavy atom. The molecule has 2 aromatic rings. The van der Waals surface area contributed by atoms with E-state index in [9.17, 15) is 0 Å². The summed E-state index contributed by atoms with van der Waals surface area (Å²) in [5, 5.41) is 8.53. The highest BCUT2D eigenvalue weighted by Gasteiger charge is 2.09. The number of halogens is 3. The second-order valence-electron chi connectivity index (χ2n) is 2.85. The first-order valence-electron chi connectivity index (χ1n) is 4.12. The quantitative estimate of drug-likeness (QED) is 0.770. The molecule has 0 unspecified atom stereocenters. The smallest absolute Gasteiger partial charge is 0.137 e. The molecule has 0 aliphatic rings. The van der Waals surface area contributed by atoms with Crippen molar-refractivity contribution in [2.75, 3.05) is 0 Å². The number of rotatable bonds is 1. The minimum atomic E-state index is 0.285. The molecule has 0 aliphatic carbocycles. The number of hydrogen-bond acceptors (Lipinski definition) is 2. The van der Waals surface area contributed by atoms with Crippen LogP contribution < -0.4 is 0 Å². The van der Waals surface area contributed by atoms with Crippen LogP contribution in [0.25, 0.3) is 11.1 Å². The molecule has 1 aromatic heterocycles. The highest BCUT2D eigenvalue weighted by atomic mass is 35.5. The summed E-state index contributed by atoms with van der Waals surface area (Å²) in [5.74, 6) is 0. The molecule has 2 rings (SSSR count). The van der Waals surface area contributed by atoms with Crippen molar-refractivity contribution in [2.24, 2.45) is 0 Å². The lowest BCUT2D eigenvalue weighted by atomic mass is 10.1. The van der Waals surface area contributed by atoms with Crippen LogP contribution in [-0.2, 0) is 0 Å². The lowest BCUT2D eigenvalue weighted by Crippen LogP contribution is -1.88. The fourth-order valence-corrected chi connectivity index (χ4v) is 1.80. The predicted octanol–water partition coefficient (Wildman–Crippen LogP) is 4.10. The number of benzene rings is 1. The molecule has 0 N–H and O–H groups in total. The van der Waals surface area contributed by atoms with Crippen LogP contribution in [0.2, 0.25) is 15.3 Å². The summed E-state index contributed by atoms with van der Waals surface area (Å²) in [6.45, 7) is 0. The third-order valence-electron chi connectivity index (χ3n) is 1.88. The Labute approximate surface area is 102 Å². The van der Waals surface area contributed by atoms with Crippen LogP contribution in [0, 0.1) is 0 Å². The Morgan fingerprint density at radius 3 is 2.33 bits per heavy atom. The zero-order valence-corrected chi connectivity index (χ0v) is 9.68. The van der Waals surface area contributed by atoms with E-state index in [0.717, 1.165) is 5.56 Å². The molecule has 0 aliphatic heterocycles. The molecule has 0 saturated carbocycles. The first-order chi connectivity index (χ1) is 7.18. The van der Waals surface area contributed by atoms with Gasteiger partial charge in [-0.15, -0.1) is 10.2 Å². The van der Waals surface area contributed by atoms with E-state index in [0.29, 0.717) is 10.6 Å². The van der Waals surface area contributed by atoms with Gasteiger partial charge in [0.1, 0.15) is 0 Å². The monoisotopic (exact) mass is 258 g/mol. The fraction of sp³-hybridized carbons (Fsp3) is 0. The van der Waals surface area contributed by atoms with Gasteiger partial charge in [0, 0.05) is 16.1 Å². The van der Waals surface area contributed by atoms with Gasteiger partial charge in [0.25, 0.3) is 0 Å². The Morgan fingerprint density at radius 2 is 1.60 bits per heavy atom. The largest absolute Gasteiger partial charge is 0.159 e. The van der Waals surface area contributed by atoms with Crippen LogP contribution in [0.3, 0.4) is 0 Å². The van der Waals surface area contributed by atoms with Crippen LogP contribution in [-0.4, -0.2) is 10.2 Å². The summed E-state index contributed by atoms with van der Waals surface area (Å²) in [6.07, 6.45) is 0. The molecular formula is C10H5Cl3N2. The summed E-state index contributed by atoms with van der Waals surface area (Å²) < 4.78 is 0. The van der Waals surface area contributed by atoms with Gasteiger partial charge in [0.15, 0.2) is 10.3 Å². The van der Waals surface area contributed by atoms with Gasteiger partial charge in [0.2, 0.25) is 0 Å². The molecule has 0 fully saturated rings. The lowest BCUT2D eigenvalue weighted by molar-refractivity contribution is 1.03.